The van der Waals surface area contributed by atoms with Gasteiger partial charge in [-0.15, -0.1) is 0 Å². The molecule has 32 heavy (non-hydrogen) atoms. The third-order valence-electron chi connectivity index (χ3n) is 5.54. The van der Waals surface area contributed by atoms with E-state index in [1.807, 2.05) is 0 Å². The maximum Gasteiger partial charge on any atom is 0.316 e. The molecule has 3 N–H and O–H groups in total. The number of nitrogens with zero attached hydrogens (tertiary/aromatic N) is 3. The molecule has 1 aliphatic carbocycles. The summed E-state index contributed by atoms with van der Waals surface area (Å²) in [6.45, 7) is 0. The number of rotatable bonds is 6. The number of carbonyl (C=O) groups is 1. The summed E-state index contributed by atoms with van der Waals surface area (Å²) in [5.41, 5.74) is 6.33. The molecule has 1 atom stereocenters. The van der Waals surface area contributed by atoms with Crippen LogP contribution in [0.3, 0.4) is 0 Å². The molecule has 0 aliphatic heterocycles. The first-order chi connectivity index (χ1) is 15.4. The molecule has 2 amide bonds. The van der Waals surface area contributed by atoms with Crippen LogP contribution >= 0.6 is 0 Å². The van der Waals surface area contributed by atoms with Crippen molar-refractivity contribution < 1.29 is 18.5 Å². The van der Waals surface area contributed by atoms with Crippen LogP contribution in [0.5, 0.6) is 11.5 Å². The zero-order valence-electron chi connectivity index (χ0n) is 17.9. The Morgan fingerprint density at radius 2 is 1.84 bits per heavy atom. The van der Waals surface area contributed by atoms with Crippen LogP contribution in [0.15, 0.2) is 52.0 Å². The third kappa shape index (κ3) is 4.18. The van der Waals surface area contributed by atoms with Gasteiger partial charge in [0.25, 0.3) is 0 Å². The van der Waals surface area contributed by atoms with Crippen LogP contribution in [0.2, 0.25) is 0 Å². The second kappa shape index (κ2) is 8.99. The molecule has 1 aromatic heterocycles. The van der Waals surface area contributed by atoms with E-state index < -0.39 is 15.8 Å². The fraction of sp³-hybridized carbons (Fsp3) is 0.318. The summed E-state index contributed by atoms with van der Waals surface area (Å²) in [7, 11) is 0.183. The summed E-state index contributed by atoms with van der Waals surface area (Å²) in [5.74, 6) is 1.36. The molecule has 0 saturated heterocycles. The van der Waals surface area contributed by atoms with Crippen molar-refractivity contribution in [1.29, 1.82) is 0 Å². The van der Waals surface area contributed by atoms with Gasteiger partial charge in [-0.1, -0.05) is 18.9 Å². The van der Waals surface area contributed by atoms with Crippen LogP contribution in [-0.4, -0.2) is 39.7 Å². The zero-order chi connectivity index (χ0) is 22.7. The Hall–Kier alpha value is -3.40. The lowest BCUT2D eigenvalue weighted by molar-refractivity contribution is 0.259. The van der Waals surface area contributed by atoms with Gasteiger partial charge in [-0.2, -0.15) is 4.36 Å². The summed E-state index contributed by atoms with van der Waals surface area (Å²) in [4.78, 5) is 20.5. The number of nitrogens with two attached hydrogens (primary N) is 1. The fourth-order valence-electron chi connectivity index (χ4n) is 4.00. The van der Waals surface area contributed by atoms with Gasteiger partial charge in [0.2, 0.25) is 0 Å². The zero-order valence-corrected chi connectivity index (χ0v) is 18.7. The second-order valence-electron chi connectivity index (χ2n) is 7.51. The van der Waals surface area contributed by atoms with Crippen molar-refractivity contribution in [2.75, 3.05) is 19.5 Å². The van der Waals surface area contributed by atoms with Crippen LogP contribution in [0.4, 0.5) is 16.3 Å². The Labute approximate surface area is 186 Å². The monoisotopic (exact) mass is 455 g/mol. The fourth-order valence-corrected chi connectivity index (χ4v) is 6.58. The molecule has 1 fully saturated rings. The number of carbonyl (C=O) groups excluding carboxylic acids is 1. The second-order valence-corrected chi connectivity index (χ2v) is 9.96. The van der Waals surface area contributed by atoms with Crippen LogP contribution in [0.25, 0.3) is 10.9 Å². The first-order valence-electron chi connectivity index (χ1n) is 10.2. The molecule has 1 unspecified atom stereocenters. The minimum absolute atomic E-state index is 0.128. The predicted molar refractivity (Wildman–Crippen MR) is 123 cm³/mol. The highest BCUT2D eigenvalue weighted by atomic mass is 32.2. The Morgan fingerprint density at radius 1 is 1.12 bits per heavy atom. The number of benzene rings is 2. The van der Waals surface area contributed by atoms with Crippen molar-refractivity contribution in [1.82, 2.24) is 9.97 Å². The van der Waals surface area contributed by atoms with Crippen LogP contribution in [-0.2, 0) is 9.73 Å². The van der Waals surface area contributed by atoms with E-state index in [1.54, 1.807) is 50.6 Å². The van der Waals surface area contributed by atoms with E-state index in [2.05, 4.69) is 15.3 Å². The molecule has 9 nitrogen and oxygen atoms in total. The standard InChI is InChI=1S/C22H25N5O4S/c1-30-19-11-17-18(12-20(19)31-2)24-13-25-21(17)27-32(29,15-7-3-4-8-15)16-9-5-6-14(10-16)26-22(23)28/h5-6,9-13,15H,3-4,7-8H2,1-2H3,(H3,23,26,28). The van der Waals surface area contributed by atoms with Gasteiger partial charge < -0.3 is 20.5 Å². The average Bonchev–Trinajstić information content (AvgIpc) is 3.34. The lowest BCUT2D eigenvalue weighted by Crippen LogP contribution is -2.20. The number of primary amides is 1. The first kappa shape index (κ1) is 21.8. The number of fused-ring (bicyclic) bond motifs is 1. The Bertz CT molecular complexity index is 1280. The SMILES string of the molecule is COc1cc2ncnc(N=S(=O)(c3cccc(NC(N)=O)c3)C3CCCC3)c2cc1OC. The molecule has 3 aromatic rings. The van der Waals surface area contributed by atoms with Gasteiger partial charge in [0.15, 0.2) is 17.3 Å². The number of aromatic nitrogens is 2. The maximum atomic E-state index is 14.5. The van der Waals surface area contributed by atoms with E-state index in [0.29, 0.717) is 38.8 Å². The topological polar surface area (TPSA) is 129 Å². The number of urea groups is 1. The molecule has 1 heterocycles. The summed E-state index contributed by atoms with van der Waals surface area (Å²) >= 11 is 0. The molecule has 2 aromatic carbocycles. The van der Waals surface area contributed by atoms with Crippen molar-refractivity contribution in [3.63, 3.8) is 0 Å². The highest BCUT2D eigenvalue weighted by Gasteiger charge is 2.30. The predicted octanol–water partition coefficient (Wildman–Crippen LogP) is 4.24. The molecule has 1 saturated carbocycles. The Kier molecular flexibility index (Phi) is 6.13. The summed E-state index contributed by atoms with van der Waals surface area (Å²) < 4.78 is 30.0. The van der Waals surface area contributed by atoms with Crippen molar-refractivity contribution in [3.8, 4) is 11.5 Å². The number of amides is 2. The Morgan fingerprint density at radius 3 is 2.53 bits per heavy atom. The molecular weight excluding hydrogens is 430 g/mol. The largest absolute Gasteiger partial charge is 0.493 e. The molecule has 1 aliphatic rings. The smallest absolute Gasteiger partial charge is 0.316 e. The number of nitrogens with one attached hydrogen (secondary N) is 1. The van der Waals surface area contributed by atoms with Gasteiger partial charge in [-0.3, -0.25) is 0 Å². The van der Waals surface area contributed by atoms with Crippen LogP contribution in [0.1, 0.15) is 25.7 Å². The molecule has 168 valence electrons. The van der Waals surface area contributed by atoms with Gasteiger partial charge in [0, 0.05) is 22.4 Å². The van der Waals surface area contributed by atoms with E-state index in [1.165, 1.54) is 6.33 Å². The lowest BCUT2D eigenvalue weighted by atomic mass is 10.2. The first-order valence-corrected chi connectivity index (χ1v) is 11.8. The van der Waals surface area contributed by atoms with Crippen LogP contribution in [0, 0.1) is 0 Å². The number of methoxy groups -OCH3 is 2. The van der Waals surface area contributed by atoms with Crippen molar-refractivity contribution in [2.45, 2.75) is 35.8 Å². The molecule has 0 spiro atoms. The van der Waals surface area contributed by atoms with E-state index >= 15 is 0 Å². The van der Waals surface area contributed by atoms with E-state index in [-0.39, 0.29) is 5.25 Å². The molecule has 4 rings (SSSR count). The molecular formula is C22H25N5O4S. The third-order valence-corrected chi connectivity index (χ3v) is 8.28. The van der Waals surface area contributed by atoms with Crippen molar-refractivity contribution >= 4 is 38.2 Å². The van der Waals surface area contributed by atoms with E-state index in [4.69, 9.17) is 19.6 Å². The molecule has 10 heteroatoms. The van der Waals surface area contributed by atoms with Gasteiger partial charge in [0.05, 0.1) is 34.4 Å². The summed E-state index contributed by atoms with van der Waals surface area (Å²) in [6.07, 6.45) is 4.98. The highest BCUT2D eigenvalue weighted by molar-refractivity contribution is 7.94. The number of hydrogen-bond acceptors (Lipinski definition) is 7. The van der Waals surface area contributed by atoms with E-state index in [0.717, 1.165) is 25.7 Å². The van der Waals surface area contributed by atoms with E-state index in [9.17, 15) is 9.00 Å². The highest BCUT2D eigenvalue weighted by Crippen LogP contribution is 2.38. The van der Waals surface area contributed by atoms with Crippen LogP contribution < -0.4 is 20.5 Å². The van der Waals surface area contributed by atoms with Crippen molar-refractivity contribution in [3.05, 3.63) is 42.7 Å². The van der Waals surface area contributed by atoms with Gasteiger partial charge in [-0.05, 0) is 37.1 Å². The van der Waals surface area contributed by atoms with Gasteiger partial charge >= 0.3 is 6.03 Å². The number of anilines is 1. The summed E-state index contributed by atoms with van der Waals surface area (Å²) in [5, 5.41) is 3.03. The minimum Gasteiger partial charge on any atom is -0.493 e. The maximum absolute atomic E-state index is 14.5. The number of hydrogen-bond donors (Lipinski definition) is 2. The minimum atomic E-state index is -2.91. The molecule has 0 bridgehead atoms. The molecule has 0 radical (unpaired) electrons. The summed E-state index contributed by atoms with van der Waals surface area (Å²) in [6, 6.07) is 9.66. The number of ether oxygens (including phenoxy) is 2. The van der Waals surface area contributed by atoms with Gasteiger partial charge in [0.1, 0.15) is 6.33 Å². The Balaban J connectivity index is 1.94. The quantitative estimate of drug-likeness (QED) is 0.572. The van der Waals surface area contributed by atoms with Gasteiger partial charge in [-0.25, -0.2) is 19.0 Å². The average molecular weight is 456 g/mol. The lowest BCUT2D eigenvalue weighted by Gasteiger charge is -2.18. The van der Waals surface area contributed by atoms with Crippen molar-refractivity contribution in [2.24, 2.45) is 10.1 Å². The normalized spacial score (nSPS) is 15.8.